The van der Waals surface area contributed by atoms with Crippen molar-refractivity contribution in [3.8, 4) is 0 Å². The number of thiocarbonyl (C=S) groups is 1. The van der Waals surface area contributed by atoms with Gasteiger partial charge in [-0.15, -0.1) is 11.3 Å². The van der Waals surface area contributed by atoms with Gasteiger partial charge in [-0.3, -0.25) is 4.79 Å². The van der Waals surface area contributed by atoms with Crippen LogP contribution in [0.3, 0.4) is 0 Å². The Balaban J connectivity index is 1.95. The van der Waals surface area contributed by atoms with Gasteiger partial charge in [0.1, 0.15) is 0 Å². The molecule has 0 fully saturated rings. The smallest absolute Gasteiger partial charge is 0.305 e. The fraction of sp³-hybridized carbons (Fsp3) is 0.333. The maximum Gasteiger partial charge on any atom is 0.305 e. The first kappa shape index (κ1) is 18.4. The topological polar surface area (TPSA) is 50.4 Å². The minimum Gasteiger partial charge on any atom is -0.469 e. The highest BCUT2D eigenvalue weighted by atomic mass is 32.1. The van der Waals surface area contributed by atoms with Crippen molar-refractivity contribution in [1.82, 2.24) is 10.6 Å². The lowest BCUT2D eigenvalue weighted by Gasteiger charge is -2.20. The zero-order valence-corrected chi connectivity index (χ0v) is 15.5. The van der Waals surface area contributed by atoms with Gasteiger partial charge in [-0.1, -0.05) is 35.9 Å². The zero-order chi connectivity index (χ0) is 17.4. The minimum atomic E-state index is -0.202. The summed E-state index contributed by atoms with van der Waals surface area (Å²) in [5.74, 6) is -0.202. The van der Waals surface area contributed by atoms with Crippen LogP contribution >= 0.6 is 23.6 Å². The van der Waals surface area contributed by atoms with Crippen molar-refractivity contribution in [3.05, 3.63) is 57.8 Å². The van der Waals surface area contributed by atoms with Crippen LogP contribution in [0, 0.1) is 6.92 Å². The first-order valence-corrected chi connectivity index (χ1v) is 9.10. The molecule has 24 heavy (non-hydrogen) atoms. The fourth-order valence-electron chi connectivity index (χ4n) is 2.25. The molecule has 0 aliphatic heterocycles. The number of carbonyl (C=O) groups is 1. The van der Waals surface area contributed by atoms with Crippen LogP contribution in [0.15, 0.2) is 41.8 Å². The summed E-state index contributed by atoms with van der Waals surface area (Å²) in [7, 11) is 1.40. The van der Waals surface area contributed by atoms with E-state index in [2.05, 4.69) is 58.0 Å². The number of esters is 1. The van der Waals surface area contributed by atoms with E-state index in [9.17, 15) is 4.79 Å². The summed E-state index contributed by atoms with van der Waals surface area (Å²) in [6.07, 6.45) is 1.07. The van der Waals surface area contributed by atoms with E-state index < -0.39 is 0 Å². The molecule has 6 heteroatoms. The Morgan fingerprint density at radius 2 is 2.04 bits per heavy atom. The number of hydrogen-bond acceptors (Lipinski definition) is 4. The lowest BCUT2D eigenvalue weighted by Crippen LogP contribution is -2.38. The van der Waals surface area contributed by atoms with E-state index in [4.69, 9.17) is 12.2 Å². The third kappa shape index (κ3) is 5.62. The summed E-state index contributed by atoms with van der Waals surface area (Å²) in [5, 5.41) is 9.17. The average Bonchev–Trinajstić information content (AvgIpc) is 3.11. The normalized spacial score (nSPS) is 11.6. The van der Waals surface area contributed by atoms with E-state index in [1.54, 1.807) is 11.3 Å². The number of benzene rings is 1. The maximum absolute atomic E-state index is 11.1. The fourth-order valence-corrected chi connectivity index (χ4v) is 3.27. The van der Waals surface area contributed by atoms with Crippen LogP contribution in [-0.4, -0.2) is 24.7 Å². The number of aryl methyl sites for hydroxylation is 1. The molecule has 0 amide bonds. The summed E-state index contributed by atoms with van der Waals surface area (Å²) in [6, 6.07) is 12.6. The highest BCUT2D eigenvalue weighted by molar-refractivity contribution is 7.80. The molecule has 2 N–H and O–H groups in total. The first-order chi connectivity index (χ1) is 11.6. The molecule has 0 saturated carbocycles. The van der Waals surface area contributed by atoms with Gasteiger partial charge in [0.2, 0.25) is 0 Å². The van der Waals surface area contributed by atoms with Crippen LogP contribution in [0.25, 0.3) is 0 Å². The van der Waals surface area contributed by atoms with Crippen LogP contribution in [0.1, 0.15) is 34.9 Å². The van der Waals surface area contributed by atoms with E-state index in [-0.39, 0.29) is 12.0 Å². The van der Waals surface area contributed by atoms with E-state index in [1.807, 2.05) is 6.07 Å². The molecular weight excluding hydrogens is 340 g/mol. The highest BCUT2D eigenvalue weighted by Gasteiger charge is 2.16. The summed E-state index contributed by atoms with van der Waals surface area (Å²) in [6.45, 7) is 2.71. The lowest BCUT2D eigenvalue weighted by atomic mass is 10.0. The predicted octanol–water partition coefficient (Wildman–Crippen LogP) is 3.56. The monoisotopic (exact) mass is 362 g/mol. The number of methoxy groups -OCH3 is 1. The molecule has 0 unspecified atom stereocenters. The molecule has 128 valence electrons. The molecule has 1 aromatic heterocycles. The third-order valence-corrected chi connectivity index (χ3v) is 4.78. The van der Waals surface area contributed by atoms with E-state index >= 15 is 0 Å². The second-order valence-corrected chi connectivity index (χ2v) is 6.83. The molecule has 2 rings (SSSR count). The molecule has 4 nitrogen and oxygen atoms in total. The van der Waals surface area contributed by atoms with Gasteiger partial charge in [-0.05, 0) is 42.6 Å². The third-order valence-electron chi connectivity index (χ3n) is 3.58. The zero-order valence-electron chi connectivity index (χ0n) is 13.9. The van der Waals surface area contributed by atoms with Crippen LogP contribution in [0.2, 0.25) is 0 Å². The molecule has 1 aromatic carbocycles. The SMILES string of the molecule is COC(=O)CCCNC(=S)N[C@@H](c1ccc(C)cc1)c1cccs1. The second kappa shape index (κ2) is 9.39. The Labute approximate surface area is 152 Å². The molecule has 2 aromatic rings. The molecule has 1 atom stereocenters. The van der Waals surface area contributed by atoms with Crippen LogP contribution in [-0.2, 0) is 9.53 Å². The molecular formula is C18H22N2O2S2. The molecule has 0 bridgehead atoms. The van der Waals surface area contributed by atoms with Gasteiger partial charge in [0.25, 0.3) is 0 Å². The van der Waals surface area contributed by atoms with Crippen molar-refractivity contribution in [2.75, 3.05) is 13.7 Å². The van der Waals surface area contributed by atoms with Crippen LogP contribution in [0.5, 0.6) is 0 Å². The van der Waals surface area contributed by atoms with E-state index in [1.165, 1.54) is 23.1 Å². The van der Waals surface area contributed by atoms with Crippen LogP contribution in [0.4, 0.5) is 0 Å². The standard InChI is InChI=1S/C18H22N2O2S2/c1-13-7-9-14(10-8-13)17(15-5-4-12-24-15)20-18(23)19-11-3-6-16(21)22-2/h4-5,7-10,12,17H,3,6,11H2,1-2H3,(H2,19,20,23)/t17-/m0/s1. The predicted molar refractivity (Wildman–Crippen MR) is 102 cm³/mol. The van der Waals surface area contributed by atoms with Crippen molar-refractivity contribution in [2.45, 2.75) is 25.8 Å². The van der Waals surface area contributed by atoms with Gasteiger partial charge in [0.15, 0.2) is 5.11 Å². The Kier molecular flexibility index (Phi) is 7.21. The van der Waals surface area contributed by atoms with Gasteiger partial charge in [0.05, 0.1) is 13.2 Å². The molecule has 0 radical (unpaired) electrons. The first-order valence-electron chi connectivity index (χ1n) is 7.81. The van der Waals surface area contributed by atoms with Crippen molar-refractivity contribution >= 4 is 34.6 Å². The number of rotatable bonds is 7. The highest BCUT2D eigenvalue weighted by Crippen LogP contribution is 2.26. The molecule has 0 aliphatic carbocycles. The second-order valence-electron chi connectivity index (χ2n) is 5.44. The molecule has 0 aliphatic rings. The average molecular weight is 363 g/mol. The number of ether oxygens (including phenoxy) is 1. The summed E-state index contributed by atoms with van der Waals surface area (Å²) < 4.78 is 4.62. The largest absolute Gasteiger partial charge is 0.469 e. The lowest BCUT2D eigenvalue weighted by molar-refractivity contribution is -0.140. The Bertz CT molecular complexity index is 654. The Morgan fingerprint density at radius 3 is 2.67 bits per heavy atom. The molecule has 0 saturated heterocycles. The van der Waals surface area contributed by atoms with E-state index in [0.29, 0.717) is 24.5 Å². The van der Waals surface area contributed by atoms with Crippen molar-refractivity contribution in [2.24, 2.45) is 0 Å². The number of nitrogens with one attached hydrogen (secondary N) is 2. The van der Waals surface area contributed by atoms with Gasteiger partial charge >= 0.3 is 5.97 Å². The van der Waals surface area contributed by atoms with Gasteiger partial charge in [-0.25, -0.2) is 0 Å². The quantitative estimate of drug-likeness (QED) is 0.448. The minimum absolute atomic E-state index is 0.0196. The van der Waals surface area contributed by atoms with Crippen molar-refractivity contribution in [1.29, 1.82) is 0 Å². The number of thiophene rings is 1. The Morgan fingerprint density at radius 1 is 1.29 bits per heavy atom. The van der Waals surface area contributed by atoms with Gasteiger partial charge in [-0.2, -0.15) is 0 Å². The van der Waals surface area contributed by atoms with Crippen LogP contribution < -0.4 is 10.6 Å². The molecule has 1 heterocycles. The van der Waals surface area contributed by atoms with Gasteiger partial charge < -0.3 is 15.4 Å². The summed E-state index contributed by atoms with van der Waals surface area (Å²) in [4.78, 5) is 12.3. The summed E-state index contributed by atoms with van der Waals surface area (Å²) >= 11 is 7.10. The number of hydrogen-bond donors (Lipinski definition) is 2. The van der Waals surface area contributed by atoms with Crippen molar-refractivity contribution < 1.29 is 9.53 Å². The maximum atomic E-state index is 11.1. The van der Waals surface area contributed by atoms with Crippen molar-refractivity contribution in [3.63, 3.8) is 0 Å². The van der Waals surface area contributed by atoms with E-state index in [0.717, 1.165) is 0 Å². The Hall–Kier alpha value is -1.92. The summed E-state index contributed by atoms with van der Waals surface area (Å²) in [5.41, 5.74) is 2.40. The number of carbonyl (C=O) groups excluding carboxylic acids is 1. The van der Waals surface area contributed by atoms with Gasteiger partial charge in [0, 0.05) is 17.8 Å². The molecule has 0 spiro atoms.